The zero-order valence-electron chi connectivity index (χ0n) is 7.81. The Bertz CT molecular complexity index is 286. The second-order valence-corrected chi connectivity index (χ2v) is 3.05. The maximum atomic E-state index is 10.1. The number of aliphatic carboxylic acids is 1. The van der Waals surface area contributed by atoms with Crippen LogP contribution in [0.2, 0.25) is 0 Å². The highest BCUT2D eigenvalue weighted by Crippen LogP contribution is 2.17. The minimum Gasteiger partial charge on any atom is -0.478 e. The van der Waals surface area contributed by atoms with E-state index in [4.69, 9.17) is 5.11 Å². The Balaban J connectivity index is -0.000000480. The number of carboxylic acids is 1. The highest BCUT2D eigenvalue weighted by molar-refractivity contribution is 8.02. The summed E-state index contributed by atoms with van der Waals surface area (Å²) in [4.78, 5) is 11.1. The van der Waals surface area contributed by atoms with Crippen molar-refractivity contribution in [3.05, 3.63) is 41.8 Å². The lowest BCUT2D eigenvalue weighted by Gasteiger charge is -1.91. The van der Waals surface area contributed by atoms with Crippen molar-refractivity contribution < 1.29 is 26.3 Å². The van der Waals surface area contributed by atoms with Crippen LogP contribution in [-0.4, -0.2) is 27.5 Å². The molecule has 0 amide bonds. The van der Waals surface area contributed by atoms with Crippen LogP contribution in [-0.2, 0) is 4.79 Å². The summed E-state index contributed by atoms with van der Waals surface area (Å²) >= 11 is 1.39. The first-order valence-corrected chi connectivity index (χ1v) is 4.28. The fourth-order valence-corrected chi connectivity index (χ4v) is 1.33. The van der Waals surface area contributed by atoms with Gasteiger partial charge in [0.15, 0.2) is 0 Å². The van der Waals surface area contributed by atoms with Crippen molar-refractivity contribution >= 4 is 17.7 Å². The normalized spacial score (nSPS) is 8.27. The van der Waals surface area contributed by atoms with Gasteiger partial charge in [-0.2, -0.15) is 0 Å². The van der Waals surface area contributed by atoms with Crippen LogP contribution in [0, 0.1) is 0 Å². The average molecular weight is 234 g/mol. The molecule has 15 heavy (non-hydrogen) atoms. The van der Waals surface area contributed by atoms with Crippen molar-refractivity contribution in [2.24, 2.45) is 0 Å². The molecule has 0 spiro atoms. The molecule has 86 valence electrons. The zero-order valence-corrected chi connectivity index (χ0v) is 8.62. The van der Waals surface area contributed by atoms with Gasteiger partial charge in [0.2, 0.25) is 0 Å². The van der Waals surface area contributed by atoms with Gasteiger partial charge < -0.3 is 21.5 Å². The number of carboxylic acid groups (broad SMARTS) is 1. The van der Waals surface area contributed by atoms with E-state index in [1.807, 2.05) is 30.3 Å². The van der Waals surface area contributed by atoms with Crippen LogP contribution in [0.3, 0.4) is 0 Å². The number of benzene rings is 1. The van der Waals surface area contributed by atoms with Gasteiger partial charge in [0, 0.05) is 11.0 Å². The molecule has 0 saturated heterocycles. The van der Waals surface area contributed by atoms with Crippen molar-refractivity contribution in [3.8, 4) is 0 Å². The summed E-state index contributed by atoms with van der Waals surface area (Å²) < 4.78 is 0. The lowest BCUT2D eigenvalue weighted by Crippen LogP contribution is -1.84. The molecule has 0 aliphatic carbocycles. The molecule has 0 atom stereocenters. The highest BCUT2D eigenvalue weighted by atomic mass is 32.2. The third-order valence-electron chi connectivity index (χ3n) is 1.16. The summed E-state index contributed by atoms with van der Waals surface area (Å²) in [5.74, 6) is -0.918. The molecular weight excluding hydrogens is 220 g/mol. The Kier molecular flexibility index (Phi) is 13.8. The molecule has 1 rings (SSSR count). The van der Waals surface area contributed by atoms with Crippen LogP contribution >= 0.6 is 11.8 Å². The van der Waals surface area contributed by atoms with Gasteiger partial charge in [-0.05, 0) is 17.5 Å². The van der Waals surface area contributed by atoms with Crippen molar-refractivity contribution in [1.29, 1.82) is 0 Å². The van der Waals surface area contributed by atoms with E-state index < -0.39 is 5.97 Å². The Morgan fingerprint density at radius 3 is 2.13 bits per heavy atom. The maximum absolute atomic E-state index is 10.1. The van der Waals surface area contributed by atoms with E-state index in [0.29, 0.717) is 0 Å². The van der Waals surface area contributed by atoms with Crippen molar-refractivity contribution in [3.63, 3.8) is 0 Å². The summed E-state index contributed by atoms with van der Waals surface area (Å²) in [6, 6.07) is 9.60. The SMILES string of the molecule is O.O.O.O=C(O)/C=C/Sc1ccccc1. The molecule has 0 aliphatic rings. The van der Waals surface area contributed by atoms with Crippen molar-refractivity contribution in [2.45, 2.75) is 4.90 Å². The minimum absolute atomic E-state index is 0. The van der Waals surface area contributed by atoms with E-state index in [0.717, 1.165) is 11.0 Å². The average Bonchev–Trinajstić information content (AvgIpc) is 2.05. The number of hydrogen-bond acceptors (Lipinski definition) is 2. The number of hydrogen-bond donors (Lipinski definition) is 1. The molecule has 0 bridgehead atoms. The molecule has 0 saturated carbocycles. The largest absolute Gasteiger partial charge is 0.478 e. The first-order chi connectivity index (χ1) is 5.79. The summed E-state index contributed by atoms with van der Waals surface area (Å²) in [6.45, 7) is 0. The summed E-state index contributed by atoms with van der Waals surface area (Å²) in [6.07, 6.45) is 1.12. The second-order valence-electron chi connectivity index (χ2n) is 2.07. The number of carbonyl (C=O) groups is 1. The standard InChI is InChI=1S/C9H8O2S.3H2O/c10-9(11)6-7-12-8-4-2-1-3-5-8;;;/h1-7H,(H,10,11);3*1H2/b7-6+;;;. The van der Waals surface area contributed by atoms with Crippen LogP contribution in [0.25, 0.3) is 0 Å². The molecule has 0 heterocycles. The van der Waals surface area contributed by atoms with E-state index in [1.54, 1.807) is 5.41 Å². The number of rotatable bonds is 3. The second kappa shape index (κ2) is 10.7. The van der Waals surface area contributed by atoms with Crippen molar-refractivity contribution in [2.75, 3.05) is 0 Å². The van der Waals surface area contributed by atoms with Crippen LogP contribution < -0.4 is 0 Å². The van der Waals surface area contributed by atoms with E-state index in [-0.39, 0.29) is 16.4 Å². The third kappa shape index (κ3) is 8.98. The third-order valence-corrected chi connectivity index (χ3v) is 1.97. The monoisotopic (exact) mass is 234 g/mol. The Morgan fingerprint density at radius 1 is 1.13 bits per heavy atom. The van der Waals surface area contributed by atoms with Gasteiger partial charge in [-0.15, -0.1) is 0 Å². The predicted octanol–water partition coefficient (Wildman–Crippen LogP) is -0.0971. The molecule has 5 nitrogen and oxygen atoms in total. The van der Waals surface area contributed by atoms with Crippen LogP contribution in [0.15, 0.2) is 46.7 Å². The van der Waals surface area contributed by atoms with Crippen LogP contribution in [0.4, 0.5) is 0 Å². The number of thioether (sulfide) groups is 1. The molecule has 1 aromatic carbocycles. The first kappa shape index (κ1) is 19.3. The van der Waals surface area contributed by atoms with Gasteiger partial charge in [-0.25, -0.2) is 4.79 Å². The Labute approximate surface area is 91.4 Å². The van der Waals surface area contributed by atoms with Gasteiger partial charge in [-0.1, -0.05) is 30.0 Å². The van der Waals surface area contributed by atoms with Gasteiger partial charge >= 0.3 is 5.97 Å². The van der Waals surface area contributed by atoms with E-state index >= 15 is 0 Å². The lowest BCUT2D eigenvalue weighted by atomic mass is 10.4. The Hall–Kier alpha value is -1.34. The fraction of sp³-hybridized carbons (Fsp3) is 0. The predicted molar refractivity (Wildman–Crippen MR) is 59.9 cm³/mol. The van der Waals surface area contributed by atoms with Gasteiger partial charge in [-0.3, -0.25) is 0 Å². The summed E-state index contributed by atoms with van der Waals surface area (Å²) in [7, 11) is 0. The highest BCUT2D eigenvalue weighted by Gasteiger charge is 1.88. The lowest BCUT2D eigenvalue weighted by molar-refractivity contribution is -0.131. The molecule has 7 N–H and O–H groups in total. The van der Waals surface area contributed by atoms with E-state index in [9.17, 15) is 4.79 Å². The minimum atomic E-state index is -0.918. The molecule has 0 aliphatic heterocycles. The van der Waals surface area contributed by atoms with Gasteiger partial charge in [0.1, 0.15) is 0 Å². The molecule has 1 aromatic rings. The van der Waals surface area contributed by atoms with Crippen LogP contribution in [0.5, 0.6) is 0 Å². The smallest absolute Gasteiger partial charge is 0.328 e. The summed E-state index contributed by atoms with van der Waals surface area (Å²) in [5, 5.41) is 9.84. The quantitative estimate of drug-likeness (QED) is 0.578. The fourth-order valence-electron chi connectivity index (χ4n) is 0.670. The van der Waals surface area contributed by atoms with E-state index in [1.165, 1.54) is 11.8 Å². The molecule has 0 radical (unpaired) electrons. The summed E-state index contributed by atoms with van der Waals surface area (Å²) in [5.41, 5.74) is 0. The zero-order chi connectivity index (χ0) is 8.81. The molecule has 6 heteroatoms. The molecule has 0 unspecified atom stereocenters. The molecular formula is C9H14O5S. The van der Waals surface area contributed by atoms with Crippen molar-refractivity contribution in [1.82, 2.24) is 0 Å². The first-order valence-electron chi connectivity index (χ1n) is 3.40. The van der Waals surface area contributed by atoms with Gasteiger partial charge in [0.25, 0.3) is 0 Å². The van der Waals surface area contributed by atoms with E-state index in [2.05, 4.69) is 0 Å². The molecule has 0 fully saturated rings. The van der Waals surface area contributed by atoms with Crippen LogP contribution in [0.1, 0.15) is 0 Å². The molecule has 0 aromatic heterocycles. The maximum Gasteiger partial charge on any atom is 0.328 e. The topological polar surface area (TPSA) is 132 Å². The van der Waals surface area contributed by atoms with Gasteiger partial charge in [0.05, 0.1) is 0 Å². The Morgan fingerprint density at radius 2 is 1.67 bits per heavy atom.